The predicted octanol–water partition coefficient (Wildman–Crippen LogP) is 5.81. The molecule has 0 saturated heterocycles. The summed E-state index contributed by atoms with van der Waals surface area (Å²) in [6.45, 7) is 0. The van der Waals surface area contributed by atoms with Gasteiger partial charge >= 0.3 is 12.3 Å². The molecule has 1 aromatic heterocycles. The van der Waals surface area contributed by atoms with Gasteiger partial charge < -0.3 is 9.84 Å². The Balaban J connectivity index is 2.22. The molecule has 0 bridgehead atoms. The topological polar surface area (TPSA) is 59.4 Å². The fourth-order valence-corrected chi connectivity index (χ4v) is 2.80. The van der Waals surface area contributed by atoms with E-state index in [0.717, 1.165) is 12.1 Å². The number of hydrogen-bond donors (Lipinski definition) is 1. The van der Waals surface area contributed by atoms with Gasteiger partial charge in [-0.15, -0.1) is 13.2 Å². The highest BCUT2D eigenvalue weighted by Gasteiger charge is 2.31. The van der Waals surface area contributed by atoms with E-state index in [1.54, 1.807) is 6.07 Å². The summed E-state index contributed by atoms with van der Waals surface area (Å²) in [7, 11) is 0. The number of alkyl halides is 3. The van der Waals surface area contributed by atoms with Crippen LogP contribution in [0.25, 0.3) is 22.2 Å². The van der Waals surface area contributed by atoms with Crippen molar-refractivity contribution in [1.29, 1.82) is 0 Å². The number of halogens is 5. The molecule has 0 amide bonds. The van der Waals surface area contributed by atoms with Crippen LogP contribution in [-0.4, -0.2) is 22.4 Å². The third-order valence-electron chi connectivity index (χ3n) is 3.45. The number of carboxylic acid groups (broad SMARTS) is 1. The molecule has 0 radical (unpaired) electrons. The molecule has 0 atom stereocenters. The van der Waals surface area contributed by atoms with Gasteiger partial charge in [-0.1, -0.05) is 23.2 Å². The summed E-state index contributed by atoms with van der Waals surface area (Å²) < 4.78 is 41.0. The molecule has 1 N–H and O–H groups in total. The summed E-state index contributed by atoms with van der Waals surface area (Å²) in [5.41, 5.74) is 0.560. The first-order chi connectivity index (χ1) is 12.1. The van der Waals surface area contributed by atoms with Gasteiger partial charge in [-0.25, -0.2) is 9.78 Å². The molecule has 4 nitrogen and oxygen atoms in total. The van der Waals surface area contributed by atoms with Crippen molar-refractivity contribution in [3.8, 4) is 17.0 Å². The van der Waals surface area contributed by atoms with E-state index in [0.29, 0.717) is 15.6 Å². The summed E-state index contributed by atoms with van der Waals surface area (Å²) in [5, 5.41) is 10.1. The van der Waals surface area contributed by atoms with Gasteiger partial charge in [-0.05, 0) is 42.5 Å². The predicted molar refractivity (Wildman–Crippen MR) is 90.8 cm³/mol. The van der Waals surface area contributed by atoms with Crippen LogP contribution in [-0.2, 0) is 0 Å². The highest BCUT2D eigenvalue weighted by molar-refractivity contribution is 6.35. The second-order valence-electron chi connectivity index (χ2n) is 5.21. The minimum absolute atomic E-state index is 0.00107. The van der Waals surface area contributed by atoms with Gasteiger partial charge in [0.2, 0.25) is 0 Å². The van der Waals surface area contributed by atoms with Crippen molar-refractivity contribution in [3.05, 3.63) is 58.1 Å². The zero-order chi connectivity index (χ0) is 19.1. The molecular formula is C17H8Cl2F3NO3. The molecule has 0 unspecified atom stereocenters. The maximum absolute atomic E-state index is 12.4. The van der Waals surface area contributed by atoms with E-state index in [-0.39, 0.29) is 22.2 Å². The number of carboxylic acids is 1. The van der Waals surface area contributed by atoms with E-state index in [4.69, 9.17) is 23.2 Å². The lowest BCUT2D eigenvalue weighted by atomic mass is 10.0. The van der Waals surface area contributed by atoms with Crippen LogP contribution in [0.5, 0.6) is 5.75 Å². The molecule has 3 rings (SSSR count). The molecule has 134 valence electrons. The Morgan fingerprint density at radius 2 is 1.81 bits per heavy atom. The Bertz CT molecular complexity index is 1020. The number of pyridine rings is 1. The number of hydrogen-bond acceptors (Lipinski definition) is 3. The first-order valence-corrected chi connectivity index (χ1v) is 7.79. The maximum Gasteiger partial charge on any atom is 0.573 e. The molecule has 0 aliphatic rings. The molecule has 9 heteroatoms. The molecule has 3 aromatic rings. The lowest BCUT2D eigenvalue weighted by Gasteiger charge is -2.12. The highest BCUT2D eigenvalue weighted by Crippen LogP contribution is 2.34. The lowest BCUT2D eigenvalue weighted by molar-refractivity contribution is -0.274. The lowest BCUT2D eigenvalue weighted by Crippen LogP contribution is -2.17. The summed E-state index contributed by atoms with van der Waals surface area (Å²) in [4.78, 5) is 15.9. The standard InChI is InChI=1S/C17H8Cl2F3NO3/c18-8-1-3-13(19)12(5-8)15-7-11(16(24)25)10-6-9(26-17(20,21)22)2-4-14(10)23-15/h1-7H,(H,24,25). The van der Waals surface area contributed by atoms with Gasteiger partial charge in [0, 0.05) is 16.0 Å². The summed E-state index contributed by atoms with van der Waals surface area (Å²) >= 11 is 12.1. The van der Waals surface area contributed by atoms with Crippen LogP contribution in [0.3, 0.4) is 0 Å². The molecule has 0 fully saturated rings. The Morgan fingerprint density at radius 3 is 2.46 bits per heavy atom. The first-order valence-electron chi connectivity index (χ1n) is 7.03. The Kier molecular flexibility index (Phi) is 4.68. The number of aromatic nitrogens is 1. The number of nitrogens with zero attached hydrogens (tertiary/aromatic N) is 1. The van der Waals surface area contributed by atoms with Gasteiger partial charge in [0.05, 0.1) is 21.8 Å². The van der Waals surface area contributed by atoms with Crippen LogP contribution >= 0.6 is 23.2 Å². The van der Waals surface area contributed by atoms with Crippen molar-refractivity contribution in [2.24, 2.45) is 0 Å². The molecule has 1 heterocycles. The largest absolute Gasteiger partial charge is 0.573 e. The van der Waals surface area contributed by atoms with Crippen LogP contribution in [0.1, 0.15) is 10.4 Å². The Labute approximate surface area is 154 Å². The maximum atomic E-state index is 12.4. The molecule has 2 aromatic carbocycles. The number of benzene rings is 2. The van der Waals surface area contributed by atoms with Crippen molar-refractivity contribution >= 4 is 40.1 Å². The van der Waals surface area contributed by atoms with Crippen molar-refractivity contribution in [2.45, 2.75) is 6.36 Å². The average molecular weight is 402 g/mol. The van der Waals surface area contributed by atoms with Crippen LogP contribution in [0.15, 0.2) is 42.5 Å². The molecular weight excluding hydrogens is 394 g/mol. The zero-order valence-electron chi connectivity index (χ0n) is 12.6. The summed E-state index contributed by atoms with van der Waals surface area (Å²) in [6, 6.07) is 9.11. The fourth-order valence-electron chi connectivity index (χ4n) is 2.41. The van der Waals surface area contributed by atoms with E-state index in [9.17, 15) is 23.1 Å². The quantitative estimate of drug-likeness (QED) is 0.601. The molecule has 0 aliphatic carbocycles. The number of ether oxygens (including phenoxy) is 1. The smallest absolute Gasteiger partial charge is 0.478 e. The average Bonchev–Trinajstić information content (AvgIpc) is 2.54. The molecule has 26 heavy (non-hydrogen) atoms. The Hall–Kier alpha value is -2.51. The number of carbonyl (C=O) groups is 1. The highest BCUT2D eigenvalue weighted by atomic mass is 35.5. The second-order valence-corrected chi connectivity index (χ2v) is 6.05. The monoisotopic (exact) mass is 401 g/mol. The van der Waals surface area contributed by atoms with Crippen LogP contribution in [0.2, 0.25) is 10.0 Å². The van der Waals surface area contributed by atoms with E-state index in [1.165, 1.54) is 24.3 Å². The van der Waals surface area contributed by atoms with Crippen LogP contribution < -0.4 is 4.74 Å². The third kappa shape index (κ3) is 3.84. The van der Waals surface area contributed by atoms with E-state index >= 15 is 0 Å². The minimum Gasteiger partial charge on any atom is -0.478 e. The second kappa shape index (κ2) is 6.66. The zero-order valence-corrected chi connectivity index (χ0v) is 14.2. The van der Waals surface area contributed by atoms with E-state index in [2.05, 4.69) is 9.72 Å². The number of aromatic carboxylic acids is 1. The van der Waals surface area contributed by atoms with Crippen molar-refractivity contribution in [3.63, 3.8) is 0 Å². The van der Waals surface area contributed by atoms with E-state index in [1.807, 2.05) is 0 Å². The SMILES string of the molecule is O=C(O)c1cc(-c2cc(Cl)ccc2Cl)nc2ccc(OC(F)(F)F)cc12. The van der Waals surface area contributed by atoms with Gasteiger partial charge in [0.1, 0.15) is 5.75 Å². The number of fused-ring (bicyclic) bond motifs is 1. The third-order valence-corrected chi connectivity index (χ3v) is 4.01. The van der Waals surface area contributed by atoms with E-state index < -0.39 is 18.1 Å². The van der Waals surface area contributed by atoms with Crippen molar-refractivity contribution < 1.29 is 27.8 Å². The Morgan fingerprint density at radius 1 is 1.08 bits per heavy atom. The van der Waals surface area contributed by atoms with Crippen LogP contribution in [0, 0.1) is 0 Å². The molecule has 0 saturated carbocycles. The molecule has 0 spiro atoms. The minimum atomic E-state index is -4.89. The van der Waals surface area contributed by atoms with Gasteiger partial charge in [-0.3, -0.25) is 0 Å². The summed E-state index contributed by atoms with van der Waals surface area (Å²) in [5.74, 6) is -1.87. The van der Waals surface area contributed by atoms with Crippen molar-refractivity contribution in [1.82, 2.24) is 4.98 Å². The molecule has 0 aliphatic heterocycles. The fraction of sp³-hybridized carbons (Fsp3) is 0.0588. The van der Waals surface area contributed by atoms with Crippen molar-refractivity contribution in [2.75, 3.05) is 0 Å². The first kappa shape index (κ1) is 18.3. The van der Waals surface area contributed by atoms with Gasteiger partial charge in [0.15, 0.2) is 0 Å². The van der Waals surface area contributed by atoms with Gasteiger partial charge in [0.25, 0.3) is 0 Å². The number of rotatable bonds is 3. The summed E-state index contributed by atoms with van der Waals surface area (Å²) in [6.07, 6.45) is -4.89. The van der Waals surface area contributed by atoms with Crippen LogP contribution in [0.4, 0.5) is 13.2 Å². The normalized spacial score (nSPS) is 11.6. The van der Waals surface area contributed by atoms with Gasteiger partial charge in [-0.2, -0.15) is 0 Å².